The minimum Gasteiger partial charge on any atom is -0.398 e. The molecule has 0 aliphatic rings. The maximum atomic E-state index is 12.7. The molecule has 0 aliphatic heterocycles. The third-order valence-electron chi connectivity index (χ3n) is 4.32. The van der Waals surface area contributed by atoms with Crippen LogP contribution in [0.2, 0.25) is 5.02 Å². The van der Waals surface area contributed by atoms with Gasteiger partial charge in [-0.2, -0.15) is 0 Å². The van der Waals surface area contributed by atoms with Gasteiger partial charge in [0.05, 0.1) is 11.6 Å². The van der Waals surface area contributed by atoms with E-state index in [1.807, 2.05) is 26.0 Å². The van der Waals surface area contributed by atoms with Crippen LogP contribution >= 0.6 is 11.6 Å². The number of rotatable bonds is 3. The van der Waals surface area contributed by atoms with E-state index >= 15 is 0 Å². The molecule has 0 fully saturated rings. The Kier molecular flexibility index (Phi) is 4.51. The lowest BCUT2D eigenvalue weighted by molar-refractivity contribution is 0.0938. The molecule has 1 heterocycles. The predicted octanol–water partition coefficient (Wildman–Crippen LogP) is 3.56. The van der Waals surface area contributed by atoms with Crippen molar-refractivity contribution in [2.75, 3.05) is 5.73 Å². The van der Waals surface area contributed by atoms with Crippen molar-refractivity contribution in [2.45, 2.75) is 19.9 Å². The lowest BCUT2D eigenvalue weighted by Crippen LogP contribution is -2.31. The fraction of sp³-hybridized carbons (Fsp3) is 0.158. The van der Waals surface area contributed by atoms with E-state index in [0.29, 0.717) is 21.6 Å². The number of nitrogens with two attached hydrogens (primary N) is 1. The second-order valence-electron chi connectivity index (χ2n) is 5.98. The molecule has 6 heteroatoms. The fourth-order valence-corrected chi connectivity index (χ4v) is 2.86. The summed E-state index contributed by atoms with van der Waals surface area (Å²) in [6.45, 7) is 3.68. The van der Waals surface area contributed by atoms with Crippen molar-refractivity contribution in [3.8, 4) is 0 Å². The van der Waals surface area contributed by atoms with Crippen LogP contribution in [0.3, 0.4) is 0 Å². The molecule has 1 unspecified atom stereocenters. The zero-order valence-corrected chi connectivity index (χ0v) is 14.6. The molecule has 25 heavy (non-hydrogen) atoms. The van der Waals surface area contributed by atoms with Crippen LogP contribution in [0.25, 0.3) is 10.9 Å². The fourth-order valence-electron chi connectivity index (χ4n) is 2.74. The Balaban J connectivity index is 1.92. The van der Waals surface area contributed by atoms with Crippen LogP contribution in [-0.4, -0.2) is 10.9 Å². The van der Waals surface area contributed by atoms with Gasteiger partial charge in [0.1, 0.15) is 5.56 Å². The van der Waals surface area contributed by atoms with E-state index in [1.165, 1.54) is 6.20 Å². The second-order valence-corrected chi connectivity index (χ2v) is 6.42. The van der Waals surface area contributed by atoms with Gasteiger partial charge in [-0.1, -0.05) is 23.7 Å². The number of hydrogen-bond acceptors (Lipinski definition) is 3. The van der Waals surface area contributed by atoms with Crippen molar-refractivity contribution < 1.29 is 4.79 Å². The number of carbonyl (C=O) groups is 1. The number of hydrogen-bond donors (Lipinski definition) is 3. The number of benzene rings is 2. The molecule has 5 nitrogen and oxygen atoms in total. The first kappa shape index (κ1) is 17.0. The quantitative estimate of drug-likeness (QED) is 0.627. The first-order chi connectivity index (χ1) is 11.9. The largest absolute Gasteiger partial charge is 0.398 e. The highest BCUT2D eigenvalue weighted by Crippen LogP contribution is 2.20. The molecule has 0 spiro atoms. The number of nitrogens with one attached hydrogen (secondary N) is 2. The van der Waals surface area contributed by atoms with Gasteiger partial charge in [-0.05, 0) is 49.2 Å². The number of aryl methyl sites for hydroxylation is 1. The summed E-state index contributed by atoms with van der Waals surface area (Å²) in [6.07, 6.45) is 1.43. The average Bonchev–Trinajstić information content (AvgIpc) is 2.59. The number of pyridine rings is 1. The van der Waals surface area contributed by atoms with E-state index in [0.717, 1.165) is 11.1 Å². The Hall–Kier alpha value is -2.79. The van der Waals surface area contributed by atoms with E-state index in [9.17, 15) is 9.59 Å². The van der Waals surface area contributed by atoms with Crippen molar-refractivity contribution in [1.82, 2.24) is 10.3 Å². The number of H-pyrrole nitrogens is 1. The Bertz CT molecular complexity index is 1010. The number of aromatic nitrogens is 1. The van der Waals surface area contributed by atoms with Gasteiger partial charge in [-0.3, -0.25) is 9.59 Å². The van der Waals surface area contributed by atoms with Gasteiger partial charge in [0.25, 0.3) is 5.91 Å². The lowest BCUT2D eigenvalue weighted by atomic mass is 10.1. The summed E-state index contributed by atoms with van der Waals surface area (Å²) in [6, 6.07) is 10.2. The summed E-state index contributed by atoms with van der Waals surface area (Å²) in [4.78, 5) is 28.2. The van der Waals surface area contributed by atoms with Crippen LogP contribution in [0.5, 0.6) is 0 Å². The number of fused-ring (bicyclic) bond motifs is 1. The highest BCUT2D eigenvalue weighted by molar-refractivity contribution is 6.30. The summed E-state index contributed by atoms with van der Waals surface area (Å²) in [5, 5.41) is 3.91. The minimum absolute atomic E-state index is 0.0671. The van der Waals surface area contributed by atoms with Crippen molar-refractivity contribution in [1.29, 1.82) is 0 Å². The normalized spacial score (nSPS) is 12.1. The van der Waals surface area contributed by atoms with Gasteiger partial charge < -0.3 is 16.0 Å². The average molecular weight is 356 g/mol. The Morgan fingerprint density at radius 3 is 2.56 bits per heavy atom. The van der Waals surface area contributed by atoms with E-state index in [4.69, 9.17) is 17.3 Å². The summed E-state index contributed by atoms with van der Waals surface area (Å²) >= 11 is 5.88. The SMILES string of the molecule is Cc1c(N)ccc2c(=O)c(C(=O)NC(C)c3ccc(Cl)cc3)c[nH]c12. The van der Waals surface area contributed by atoms with E-state index in [-0.39, 0.29) is 17.0 Å². The van der Waals surface area contributed by atoms with Crippen molar-refractivity contribution in [2.24, 2.45) is 0 Å². The minimum atomic E-state index is -0.430. The molecule has 0 saturated carbocycles. The molecule has 0 radical (unpaired) electrons. The maximum Gasteiger partial charge on any atom is 0.257 e. The second kappa shape index (κ2) is 6.61. The molecule has 0 aliphatic carbocycles. The van der Waals surface area contributed by atoms with Crippen LogP contribution in [-0.2, 0) is 0 Å². The molecule has 3 rings (SSSR count). The van der Waals surface area contributed by atoms with Crippen LogP contribution < -0.4 is 16.5 Å². The van der Waals surface area contributed by atoms with Crippen molar-refractivity contribution >= 4 is 34.1 Å². The van der Waals surface area contributed by atoms with Gasteiger partial charge in [-0.25, -0.2) is 0 Å². The van der Waals surface area contributed by atoms with Crippen LogP contribution in [0.15, 0.2) is 47.4 Å². The molecular formula is C19H18ClN3O2. The monoisotopic (exact) mass is 355 g/mol. The molecule has 3 aromatic rings. The van der Waals surface area contributed by atoms with Gasteiger partial charge in [-0.15, -0.1) is 0 Å². The maximum absolute atomic E-state index is 12.7. The Morgan fingerprint density at radius 1 is 1.20 bits per heavy atom. The Morgan fingerprint density at radius 2 is 1.88 bits per heavy atom. The van der Waals surface area contributed by atoms with Crippen molar-refractivity contribution in [3.63, 3.8) is 0 Å². The van der Waals surface area contributed by atoms with E-state index < -0.39 is 5.91 Å². The number of carbonyl (C=O) groups excluding carboxylic acids is 1. The lowest BCUT2D eigenvalue weighted by Gasteiger charge is -2.14. The summed E-state index contributed by atoms with van der Waals surface area (Å²) in [5.41, 5.74) is 8.54. The number of aromatic amines is 1. The zero-order valence-electron chi connectivity index (χ0n) is 13.9. The van der Waals surface area contributed by atoms with Gasteiger partial charge in [0.2, 0.25) is 5.43 Å². The summed E-state index contributed by atoms with van der Waals surface area (Å²) < 4.78 is 0. The standard InChI is InChI=1S/C19H18ClN3O2/c1-10-16(21)8-7-14-17(10)22-9-15(18(14)24)19(25)23-11(2)12-3-5-13(20)6-4-12/h3-9,11H,21H2,1-2H3,(H,22,24)(H,23,25). The molecule has 1 amide bonds. The first-order valence-electron chi connectivity index (χ1n) is 7.85. The van der Waals surface area contributed by atoms with Crippen LogP contribution in [0.4, 0.5) is 5.69 Å². The van der Waals surface area contributed by atoms with Gasteiger partial charge >= 0.3 is 0 Å². The number of nitrogen functional groups attached to an aromatic ring is 1. The number of anilines is 1. The molecule has 0 saturated heterocycles. The molecule has 128 valence electrons. The topological polar surface area (TPSA) is 88.0 Å². The number of halogens is 1. The van der Waals surface area contributed by atoms with Crippen LogP contribution in [0.1, 0.15) is 34.5 Å². The van der Waals surface area contributed by atoms with Crippen molar-refractivity contribution in [3.05, 3.63) is 74.5 Å². The predicted molar refractivity (Wildman–Crippen MR) is 101 cm³/mol. The Labute approximate surface area is 149 Å². The highest BCUT2D eigenvalue weighted by atomic mass is 35.5. The third kappa shape index (κ3) is 3.23. The molecule has 0 bridgehead atoms. The van der Waals surface area contributed by atoms with Gasteiger partial charge in [0.15, 0.2) is 0 Å². The number of amides is 1. The van der Waals surface area contributed by atoms with Gasteiger partial charge in [0, 0.05) is 22.3 Å². The third-order valence-corrected chi connectivity index (χ3v) is 4.57. The summed E-state index contributed by atoms with van der Waals surface area (Å²) in [5.74, 6) is -0.430. The van der Waals surface area contributed by atoms with E-state index in [2.05, 4.69) is 10.3 Å². The smallest absolute Gasteiger partial charge is 0.257 e. The molecular weight excluding hydrogens is 338 g/mol. The molecule has 2 aromatic carbocycles. The zero-order chi connectivity index (χ0) is 18.1. The molecule has 4 N–H and O–H groups in total. The highest BCUT2D eigenvalue weighted by Gasteiger charge is 2.17. The van der Waals surface area contributed by atoms with Crippen LogP contribution in [0, 0.1) is 6.92 Å². The first-order valence-corrected chi connectivity index (χ1v) is 8.23. The molecule has 1 aromatic heterocycles. The molecule has 1 atom stereocenters. The summed E-state index contributed by atoms with van der Waals surface area (Å²) in [7, 11) is 0. The van der Waals surface area contributed by atoms with E-state index in [1.54, 1.807) is 24.3 Å².